The summed E-state index contributed by atoms with van der Waals surface area (Å²) in [5.41, 5.74) is -1.03. The Morgan fingerprint density at radius 2 is 1.85 bits per heavy atom. The minimum atomic E-state index is -4.48. The summed E-state index contributed by atoms with van der Waals surface area (Å²) >= 11 is 0. The highest BCUT2D eigenvalue weighted by Crippen LogP contribution is 2.32. The standard InChI is InChI=1S/C13H14F3NO3/c1-18-4-5-19-6-7-20-12-3-2-11(13(14,15)16)8-10(12)9-17/h2-3,8H,4-7H2,1H3. The Bertz CT molecular complexity index is 469. The van der Waals surface area contributed by atoms with Crippen molar-refractivity contribution in [3.8, 4) is 11.8 Å². The molecule has 0 bridgehead atoms. The van der Waals surface area contributed by atoms with Gasteiger partial charge in [-0.15, -0.1) is 0 Å². The van der Waals surface area contributed by atoms with E-state index in [0.29, 0.717) is 13.2 Å². The van der Waals surface area contributed by atoms with Crippen molar-refractivity contribution >= 4 is 0 Å². The molecule has 0 aliphatic heterocycles. The molecule has 1 aromatic carbocycles. The van der Waals surface area contributed by atoms with Crippen molar-refractivity contribution in [2.45, 2.75) is 6.18 Å². The third-order valence-electron chi connectivity index (χ3n) is 2.34. The normalized spacial score (nSPS) is 11.2. The maximum Gasteiger partial charge on any atom is 0.416 e. The highest BCUT2D eigenvalue weighted by atomic mass is 19.4. The number of benzene rings is 1. The second-order valence-corrected chi connectivity index (χ2v) is 3.77. The molecule has 0 atom stereocenters. The van der Waals surface area contributed by atoms with E-state index in [1.165, 1.54) is 0 Å². The van der Waals surface area contributed by atoms with Gasteiger partial charge in [-0.1, -0.05) is 0 Å². The number of nitrogens with zero attached hydrogens (tertiary/aromatic N) is 1. The predicted molar refractivity (Wildman–Crippen MR) is 64.3 cm³/mol. The van der Waals surface area contributed by atoms with Crippen molar-refractivity contribution in [1.29, 1.82) is 5.26 Å². The highest BCUT2D eigenvalue weighted by Gasteiger charge is 2.31. The summed E-state index contributed by atoms with van der Waals surface area (Å²) in [4.78, 5) is 0. The van der Waals surface area contributed by atoms with Crippen molar-refractivity contribution in [3.05, 3.63) is 29.3 Å². The predicted octanol–water partition coefficient (Wildman–Crippen LogP) is 2.62. The lowest BCUT2D eigenvalue weighted by molar-refractivity contribution is -0.137. The molecule has 1 rings (SSSR count). The maximum atomic E-state index is 12.5. The van der Waals surface area contributed by atoms with Crippen LogP contribution in [0.5, 0.6) is 5.75 Å². The molecule has 0 aromatic heterocycles. The first-order chi connectivity index (χ1) is 9.49. The number of hydrogen-bond acceptors (Lipinski definition) is 4. The molecule has 1 aromatic rings. The van der Waals surface area contributed by atoms with Gasteiger partial charge in [-0.3, -0.25) is 0 Å². The topological polar surface area (TPSA) is 51.5 Å². The Morgan fingerprint density at radius 3 is 2.45 bits per heavy atom. The Kier molecular flexibility index (Phi) is 6.28. The van der Waals surface area contributed by atoms with Crippen LogP contribution >= 0.6 is 0 Å². The van der Waals surface area contributed by atoms with Crippen LogP contribution in [0.4, 0.5) is 13.2 Å². The van der Waals surface area contributed by atoms with Crippen LogP contribution in [0.1, 0.15) is 11.1 Å². The lowest BCUT2D eigenvalue weighted by Crippen LogP contribution is -2.11. The van der Waals surface area contributed by atoms with Crippen LogP contribution in [0.3, 0.4) is 0 Å². The second kappa shape index (κ2) is 7.72. The molecule has 0 radical (unpaired) electrons. The third-order valence-corrected chi connectivity index (χ3v) is 2.34. The Morgan fingerprint density at radius 1 is 1.15 bits per heavy atom. The van der Waals surface area contributed by atoms with Gasteiger partial charge in [0.15, 0.2) is 0 Å². The minimum Gasteiger partial charge on any atom is -0.490 e. The van der Waals surface area contributed by atoms with Crippen LogP contribution in [0.15, 0.2) is 18.2 Å². The Balaban J connectivity index is 2.56. The summed E-state index contributed by atoms with van der Waals surface area (Å²) in [5, 5.41) is 8.84. The van der Waals surface area contributed by atoms with Crippen LogP contribution in [0.25, 0.3) is 0 Å². The van der Waals surface area contributed by atoms with E-state index >= 15 is 0 Å². The molecule has 0 fully saturated rings. The van der Waals surface area contributed by atoms with E-state index in [9.17, 15) is 13.2 Å². The molecular weight excluding hydrogens is 275 g/mol. The van der Waals surface area contributed by atoms with Crippen molar-refractivity contribution in [3.63, 3.8) is 0 Å². The number of hydrogen-bond donors (Lipinski definition) is 0. The van der Waals surface area contributed by atoms with E-state index in [1.54, 1.807) is 13.2 Å². The van der Waals surface area contributed by atoms with Crippen LogP contribution in [0, 0.1) is 11.3 Å². The number of nitriles is 1. The van der Waals surface area contributed by atoms with Gasteiger partial charge in [-0.25, -0.2) is 0 Å². The molecule has 0 amide bonds. The summed E-state index contributed by atoms with van der Waals surface area (Å²) in [7, 11) is 1.54. The molecule has 110 valence electrons. The summed E-state index contributed by atoms with van der Waals surface area (Å²) in [6.45, 7) is 1.25. The van der Waals surface area contributed by atoms with E-state index in [4.69, 9.17) is 19.5 Å². The van der Waals surface area contributed by atoms with Gasteiger partial charge in [0, 0.05) is 7.11 Å². The first-order valence-electron chi connectivity index (χ1n) is 5.80. The first-order valence-corrected chi connectivity index (χ1v) is 5.80. The Labute approximate surface area is 114 Å². The summed E-state index contributed by atoms with van der Waals surface area (Å²) < 4.78 is 52.6. The van der Waals surface area contributed by atoms with Crippen LogP contribution < -0.4 is 4.74 Å². The van der Waals surface area contributed by atoms with Gasteiger partial charge >= 0.3 is 6.18 Å². The fourth-order valence-electron chi connectivity index (χ4n) is 1.37. The number of methoxy groups -OCH3 is 1. The molecule has 0 spiro atoms. The lowest BCUT2D eigenvalue weighted by Gasteiger charge is -2.11. The second-order valence-electron chi connectivity index (χ2n) is 3.77. The quantitative estimate of drug-likeness (QED) is 0.724. The van der Waals surface area contributed by atoms with Crippen molar-refractivity contribution in [2.75, 3.05) is 33.5 Å². The first kappa shape index (κ1) is 16.3. The largest absolute Gasteiger partial charge is 0.490 e. The van der Waals surface area contributed by atoms with Gasteiger partial charge < -0.3 is 14.2 Å². The molecule has 0 aliphatic rings. The van der Waals surface area contributed by atoms with Crippen molar-refractivity contribution < 1.29 is 27.4 Å². The molecule has 0 N–H and O–H groups in total. The highest BCUT2D eigenvalue weighted by molar-refractivity contribution is 5.46. The van der Waals surface area contributed by atoms with E-state index in [-0.39, 0.29) is 24.5 Å². The lowest BCUT2D eigenvalue weighted by atomic mass is 10.1. The van der Waals surface area contributed by atoms with Crippen molar-refractivity contribution in [1.82, 2.24) is 0 Å². The fraction of sp³-hybridized carbons (Fsp3) is 0.462. The van der Waals surface area contributed by atoms with Crippen LogP contribution in [-0.2, 0) is 15.7 Å². The average molecular weight is 289 g/mol. The van der Waals surface area contributed by atoms with Crippen LogP contribution in [-0.4, -0.2) is 33.5 Å². The molecule has 0 saturated heterocycles. The molecule has 0 heterocycles. The number of ether oxygens (including phenoxy) is 3. The van der Waals surface area contributed by atoms with E-state index < -0.39 is 11.7 Å². The van der Waals surface area contributed by atoms with Gasteiger partial charge in [0.05, 0.1) is 30.9 Å². The Hall–Kier alpha value is -1.78. The number of alkyl halides is 3. The van der Waals surface area contributed by atoms with E-state index in [2.05, 4.69) is 0 Å². The molecule has 4 nitrogen and oxygen atoms in total. The van der Waals surface area contributed by atoms with Gasteiger partial charge in [0.2, 0.25) is 0 Å². The average Bonchev–Trinajstić information content (AvgIpc) is 2.41. The van der Waals surface area contributed by atoms with Gasteiger partial charge in [0.1, 0.15) is 18.4 Å². The molecule has 7 heteroatoms. The minimum absolute atomic E-state index is 0.107. The monoisotopic (exact) mass is 289 g/mol. The SMILES string of the molecule is COCCOCCOc1ccc(C(F)(F)F)cc1C#N. The van der Waals surface area contributed by atoms with Gasteiger partial charge in [0.25, 0.3) is 0 Å². The van der Waals surface area contributed by atoms with E-state index in [0.717, 1.165) is 18.2 Å². The summed E-state index contributed by atoms with van der Waals surface area (Å²) in [6.07, 6.45) is -4.48. The van der Waals surface area contributed by atoms with E-state index in [1.807, 2.05) is 0 Å². The molecule has 20 heavy (non-hydrogen) atoms. The molecular formula is C13H14F3NO3. The smallest absolute Gasteiger partial charge is 0.416 e. The fourth-order valence-corrected chi connectivity index (χ4v) is 1.37. The van der Waals surface area contributed by atoms with Gasteiger partial charge in [-0.05, 0) is 18.2 Å². The molecule has 0 unspecified atom stereocenters. The number of halogens is 3. The zero-order valence-electron chi connectivity index (χ0n) is 10.9. The molecule has 0 saturated carbocycles. The molecule has 0 aliphatic carbocycles. The third kappa shape index (κ3) is 5.07. The van der Waals surface area contributed by atoms with Gasteiger partial charge in [-0.2, -0.15) is 18.4 Å². The number of rotatable bonds is 7. The summed E-state index contributed by atoms with van der Waals surface area (Å²) in [6, 6.07) is 4.46. The zero-order chi connectivity index (χ0) is 15.0. The zero-order valence-corrected chi connectivity index (χ0v) is 10.9. The summed E-state index contributed by atoms with van der Waals surface area (Å²) in [5.74, 6) is 0.107. The van der Waals surface area contributed by atoms with Crippen molar-refractivity contribution in [2.24, 2.45) is 0 Å². The maximum absolute atomic E-state index is 12.5. The van der Waals surface area contributed by atoms with Crippen LogP contribution in [0.2, 0.25) is 0 Å².